The predicted octanol–water partition coefficient (Wildman–Crippen LogP) is 12.4. The van der Waals surface area contributed by atoms with E-state index in [0.717, 1.165) is 61.3 Å². The normalized spacial score (nSPS) is 11.1. The summed E-state index contributed by atoms with van der Waals surface area (Å²) in [6.45, 7) is 2.05. The van der Waals surface area contributed by atoms with Crippen LogP contribution in [0.2, 0.25) is 0 Å². The van der Waals surface area contributed by atoms with Gasteiger partial charge in [-0.15, -0.1) is 0 Å². The Morgan fingerprint density at radius 2 is 0.679 bits per heavy atom. The fraction of sp³-hybridized carbons (Fsp3) is 0.0204. The van der Waals surface area contributed by atoms with Crippen molar-refractivity contribution in [3.63, 3.8) is 0 Å². The average Bonchev–Trinajstić information content (AvgIpc) is 3.24. The van der Waals surface area contributed by atoms with Gasteiger partial charge >= 0.3 is 0 Å². The molecule has 2 aromatic heterocycles. The van der Waals surface area contributed by atoms with Crippen molar-refractivity contribution >= 4 is 10.8 Å². The van der Waals surface area contributed by atoms with E-state index < -0.39 is 0 Å². The minimum absolute atomic E-state index is 0.623. The van der Waals surface area contributed by atoms with E-state index in [9.17, 15) is 0 Å². The SMILES string of the molecule is Cc1cc2ccccc2c(-c2ccc(-c3cccc(-c4nc(-c5ccc(-c6ccccc6)cc5)nc(-c5ccc(-c6ccccc6)cc5)n4)c3)cc2)n1. The highest BCUT2D eigenvalue weighted by Crippen LogP contribution is 2.33. The lowest BCUT2D eigenvalue weighted by molar-refractivity contribution is 1.07. The zero-order valence-electron chi connectivity index (χ0n) is 29.2. The summed E-state index contributed by atoms with van der Waals surface area (Å²) in [5, 5.41) is 2.35. The standard InChI is InChI=1S/C49H34N4/c1-33-31-43-15-8-9-18-45(43)46(50-33)39-25-19-38(20-26-39)42-16-10-17-44(32-42)49-52-47(40-27-21-36(22-28-40)34-11-4-2-5-12-34)51-48(53-49)41-29-23-37(24-30-41)35-13-6-3-7-14-35/h2-32H,1H3. The van der Waals surface area contributed by atoms with E-state index >= 15 is 0 Å². The first-order valence-corrected chi connectivity index (χ1v) is 17.8. The number of hydrogen-bond donors (Lipinski definition) is 0. The monoisotopic (exact) mass is 678 g/mol. The summed E-state index contributed by atoms with van der Waals surface area (Å²) in [4.78, 5) is 20.1. The van der Waals surface area contributed by atoms with Crippen LogP contribution in [0.5, 0.6) is 0 Å². The van der Waals surface area contributed by atoms with Crippen LogP contribution in [0.4, 0.5) is 0 Å². The number of aromatic nitrogens is 4. The summed E-state index contributed by atoms with van der Waals surface area (Å²) < 4.78 is 0. The molecule has 53 heavy (non-hydrogen) atoms. The van der Waals surface area contributed by atoms with Crippen LogP contribution in [0.25, 0.3) is 89.6 Å². The molecule has 9 aromatic rings. The van der Waals surface area contributed by atoms with Gasteiger partial charge in [-0.2, -0.15) is 0 Å². The third-order valence-electron chi connectivity index (χ3n) is 9.62. The number of nitrogens with zero attached hydrogens (tertiary/aromatic N) is 4. The Morgan fingerprint density at radius 1 is 0.283 bits per heavy atom. The Balaban J connectivity index is 1.09. The molecule has 2 heterocycles. The quantitative estimate of drug-likeness (QED) is 0.168. The van der Waals surface area contributed by atoms with Crippen LogP contribution in [-0.4, -0.2) is 19.9 Å². The summed E-state index contributed by atoms with van der Waals surface area (Å²) in [5.41, 5.74) is 12.7. The third-order valence-corrected chi connectivity index (χ3v) is 9.62. The van der Waals surface area contributed by atoms with Gasteiger partial charge in [0, 0.05) is 33.3 Å². The molecule has 0 saturated carbocycles. The van der Waals surface area contributed by atoms with Gasteiger partial charge in [0.05, 0.1) is 5.69 Å². The largest absolute Gasteiger partial charge is 0.252 e. The van der Waals surface area contributed by atoms with E-state index in [1.54, 1.807) is 0 Å². The van der Waals surface area contributed by atoms with E-state index in [4.69, 9.17) is 19.9 Å². The minimum atomic E-state index is 0.623. The highest BCUT2D eigenvalue weighted by Gasteiger charge is 2.14. The lowest BCUT2D eigenvalue weighted by Crippen LogP contribution is -2.00. The molecule has 4 heteroatoms. The summed E-state index contributed by atoms with van der Waals surface area (Å²) in [7, 11) is 0. The molecule has 0 fully saturated rings. The highest BCUT2D eigenvalue weighted by atomic mass is 15.0. The second-order valence-electron chi connectivity index (χ2n) is 13.2. The van der Waals surface area contributed by atoms with Crippen LogP contribution in [0, 0.1) is 6.92 Å². The Labute approximate surface area is 309 Å². The molecule has 0 radical (unpaired) electrons. The Morgan fingerprint density at radius 3 is 1.25 bits per heavy atom. The van der Waals surface area contributed by atoms with Crippen molar-refractivity contribution in [2.24, 2.45) is 0 Å². The first-order chi connectivity index (χ1) is 26.1. The van der Waals surface area contributed by atoms with Crippen molar-refractivity contribution in [3.8, 4) is 78.8 Å². The summed E-state index contributed by atoms with van der Waals surface area (Å²) in [5.74, 6) is 1.88. The highest BCUT2D eigenvalue weighted by molar-refractivity contribution is 5.95. The Bertz CT molecular complexity index is 2590. The van der Waals surface area contributed by atoms with Gasteiger partial charge in [-0.3, -0.25) is 4.98 Å². The maximum Gasteiger partial charge on any atom is 0.164 e. The smallest absolute Gasteiger partial charge is 0.164 e. The molecule has 0 spiro atoms. The van der Waals surface area contributed by atoms with Gasteiger partial charge in [-0.25, -0.2) is 15.0 Å². The molecular weight excluding hydrogens is 645 g/mol. The summed E-state index contributed by atoms with van der Waals surface area (Å²) in [6, 6.07) is 65.3. The molecule has 7 aromatic carbocycles. The van der Waals surface area contributed by atoms with Gasteiger partial charge in [-0.05, 0) is 57.8 Å². The van der Waals surface area contributed by atoms with Gasteiger partial charge in [0.2, 0.25) is 0 Å². The number of rotatable bonds is 7. The Kier molecular flexibility index (Phi) is 8.39. The molecule has 9 rings (SSSR count). The van der Waals surface area contributed by atoms with E-state index in [1.807, 2.05) is 19.1 Å². The van der Waals surface area contributed by atoms with Gasteiger partial charge in [0.25, 0.3) is 0 Å². The van der Waals surface area contributed by atoms with E-state index in [0.29, 0.717) is 17.5 Å². The molecular formula is C49H34N4. The average molecular weight is 679 g/mol. The molecule has 0 aliphatic heterocycles. The van der Waals surface area contributed by atoms with Gasteiger partial charge in [-0.1, -0.05) is 176 Å². The molecule has 0 amide bonds. The van der Waals surface area contributed by atoms with E-state index in [1.165, 1.54) is 16.5 Å². The first-order valence-electron chi connectivity index (χ1n) is 17.8. The minimum Gasteiger partial charge on any atom is -0.252 e. The number of benzene rings is 7. The predicted molar refractivity (Wildman–Crippen MR) is 218 cm³/mol. The molecule has 250 valence electrons. The zero-order valence-corrected chi connectivity index (χ0v) is 29.2. The molecule has 0 aliphatic carbocycles. The second-order valence-corrected chi connectivity index (χ2v) is 13.2. The van der Waals surface area contributed by atoms with E-state index in [2.05, 4.69) is 176 Å². The Hall–Kier alpha value is -7.04. The fourth-order valence-corrected chi connectivity index (χ4v) is 6.86. The van der Waals surface area contributed by atoms with Crippen molar-refractivity contribution < 1.29 is 0 Å². The van der Waals surface area contributed by atoms with E-state index in [-0.39, 0.29) is 0 Å². The van der Waals surface area contributed by atoms with Crippen molar-refractivity contribution in [1.82, 2.24) is 19.9 Å². The lowest BCUT2D eigenvalue weighted by atomic mass is 9.98. The number of pyridine rings is 1. The van der Waals surface area contributed by atoms with Crippen LogP contribution in [0.3, 0.4) is 0 Å². The molecule has 4 nitrogen and oxygen atoms in total. The third kappa shape index (κ3) is 6.62. The van der Waals surface area contributed by atoms with Crippen molar-refractivity contribution in [3.05, 3.63) is 194 Å². The van der Waals surface area contributed by atoms with Crippen LogP contribution in [0.1, 0.15) is 5.69 Å². The van der Waals surface area contributed by atoms with Crippen LogP contribution in [-0.2, 0) is 0 Å². The first kappa shape index (κ1) is 31.9. The second kappa shape index (κ2) is 13.9. The zero-order chi connectivity index (χ0) is 35.6. The summed E-state index contributed by atoms with van der Waals surface area (Å²) >= 11 is 0. The molecule has 0 aliphatic rings. The van der Waals surface area contributed by atoms with Crippen molar-refractivity contribution in [1.29, 1.82) is 0 Å². The van der Waals surface area contributed by atoms with Crippen LogP contribution >= 0.6 is 0 Å². The maximum absolute atomic E-state index is 5.06. The molecule has 0 saturated heterocycles. The van der Waals surface area contributed by atoms with Crippen molar-refractivity contribution in [2.75, 3.05) is 0 Å². The molecule has 0 unspecified atom stereocenters. The number of hydrogen-bond acceptors (Lipinski definition) is 4. The molecule has 0 atom stereocenters. The van der Waals surface area contributed by atoms with Crippen LogP contribution in [0.15, 0.2) is 188 Å². The van der Waals surface area contributed by atoms with Gasteiger partial charge < -0.3 is 0 Å². The van der Waals surface area contributed by atoms with Crippen molar-refractivity contribution in [2.45, 2.75) is 6.92 Å². The van der Waals surface area contributed by atoms with Gasteiger partial charge in [0.15, 0.2) is 17.5 Å². The maximum atomic E-state index is 5.06. The molecule has 0 N–H and O–H groups in total. The number of aryl methyl sites for hydroxylation is 1. The lowest BCUT2D eigenvalue weighted by Gasteiger charge is -2.11. The topological polar surface area (TPSA) is 51.6 Å². The van der Waals surface area contributed by atoms with Gasteiger partial charge in [0.1, 0.15) is 0 Å². The fourth-order valence-electron chi connectivity index (χ4n) is 6.86. The molecule has 0 bridgehead atoms. The van der Waals surface area contributed by atoms with Crippen LogP contribution < -0.4 is 0 Å². The number of fused-ring (bicyclic) bond motifs is 1. The summed E-state index contributed by atoms with van der Waals surface area (Å²) in [6.07, 6.45) is 0.